The summed E-state index contributed by atoms with van der Waals surface area (Å²) in [6.45, 7) is 0. The van der Waals surface area contributed by atoms with Crippen LogP contribution >= 0.6 is 0 Å². The summed E-state index contributed by atoms with van der Waals surface area (Å²) in [5, 5.41) is 9.69. The molecule has 0 unspecified atom stereocenters. The highest BCUT2D eigenvalue weighted by Gasteiger charge is 2.14. The van der Waals surface area contributed by atoms with Crippen LogP contribution in [-0.2, 0) is 0 Å². The number of benzene rings is 8. The van der Waals surface area contributed by atoms with Crippen molar-refractivity contribution in [3.63, 3.8) is 0 Å². The van der Waals surface area contributed by atoms with E-state index in [2.05, 4.69) is 188 Å². The first-order chi connectivity index (χ1) is 27.7. The second kappa shape index (κ2) is 13.1. The van der Waals surface area contributed by atoms with E-state index in [9.17, 15) is 0 Å². The number of nitrogens with zero attached hydrogens (tertiary/aromatic N) is 3. The van der Waals surface area contributed by atoms with Crippen molar-refractivity contribution in [2.45, 2.75) is 0 Å². The van der Waals surface area contributed by atoms with Crippen LogP contribution in [0, 0.1) is 0 Å². The fourth-order valence-electron chi connectivity index (χ4n) is 8.20. The molecule has 260 valence electrons. The normalized spacial score (nSPS) is 11.6. The van der Waals surface area contributed by atoms with E-state index in [1.165, 1.54) is 32.3 Å². The van der Waals surface area contributed by atoms with Gasteiger partial charge in [-0.15, -0.1) is 0 Å². The molecule has 11 aromatic rings. The van der Waals surface area contributed by atoms with Gasteiger partial charge in [0.15, 0.2) is 0 Å². The molecule has 0 amide bonds. The SMILES string of the molecule is c1ccc(-c2cc(-c3ccc(-c4ccc5ccc6ccc(-c7ccc8c9ccccc9c9ccccc9c8c7)nc6c5n4)cc3)cc(-c3ccccc3)n2)cc1. The van der Waals surface area contributed by atoms with Gasteiger partial charge in [0, 0.05) is 33.0 Å². The summed E-state index contributed by atoms with van der Waals surface area (Å²) in [5.41, 5.74) is 12.1. The van der Waals surface area contributed by atoms with Crippen molar-refractivity contribution < 1.29 is 0 Å². The zero-order chi connectivity index (χ0) is 37.0. The molecule has 0 N–H and O–H groups in total. The fourth-order valence-corrected chi connectivity index (χ4v) is 8.20. The summed E-state index contributed by atoms with van der Waals surface area (Å²) in [7, 11) is 0. The fraction of sp³-hybridized carbons (Fsp3) is 0. The lowest BCUT2D eigenvalue weighted by Crippen LogP contribution is -1.92. The van der Waals surface area contributed by atoms with Crippen molar-refractivity contribution in [1.82, 2.24) is 15.0 Å². The van der Waals surface area contributed by atoms with Gasteiger partial charge in [-0.1, -0.05) is 170 Å². The Labute approximate surface area is 324 Å². The quantitative estimate of drug-likeness (QED) is 0.167. The molecule has 3 aromatic heterocycles. The van der Waals surface area contributed by atoms with Gasteiger partial charge in [-0.3, -0.25) is 0 Å². The van der Waals surface area contributed by atoms with E-state index in [1.54, 1.807) is 0 Å². The number of hydrogen-bond acceptors (Lipinski definition) is 3. The predicted molar refractivity (Wildman–Crippen MR) is 235 cm³/mol. The van der Waals surface area contributed by atoms with Crippen molar-refractivity contribution in [1.29, 1.82) is 0 Å². The maximum absolute atomic E-state index is 5.31. The highest BCUT2D eigenvalue weighted by atomic mass is 14.8. The van der Waals surface area contributed by atoms with Gasteiger partial charge in [0.1, 0.15) is 0 Å². The second-order valence-corrected chi connectivity index (χ2v) is 14.4. The predicted octanol–water partition coefficient (Wildman–Crippen LogP) is 14.0. The Morgan fingerprint density at radius 3 is 1.14 bits per heavy atom. The minimum atomic E-state index is 0.900. The van der Waals surface area contributed by atoms with Crippen LogP contribution in [0.25, 0.3) is 110 Å². The molecular formula is C53H33N3. The molecule has 0 fully saturated rings. The summed E-state index contributed by atoms with van der Waals surface area (Å²) in [4.78, 5) is 15.6. The number of hydrogen-bond donors (Lipinski definition) is 0. The van der Waals surface area contributed by atoms with E-state index in [4.69, 9.17) is 15.0 Å². The van der Waals surface area contributed by atoms with Crippen LogP contribution in [-0.4, -0.2) is 15.0 Å². The van der Waals surface area contributed by atoms with Crippen molar-refractivity contribution in [2.75, 3.05) is 0 Å². The number of pyridine rings is 3. The Morgan fingerprint density at radius 1 is 0.214 bits per heavy atom. The Morgan fingerprint density at radius 2 is 0.607 bits per heavy atom. The van der Waals surface area contributed by atoms with E-state index in [0.29, 0.717) is 0 Å². The van der Waals surface area contributed by atoms with Crippen LogP contribution in [0.1, 0.15) is 0 Å². The maximum Gasteiger partial charge on any atom is 0.0972 e. The summed E-state index contributed by atoms with van der Waals surface area (Å²) < 4.78 is 0. The molecule has 0 bridgehead atoms. The van der Waals surface area contributed by atoms with Crippen LogP contribution in [0.5, 0.6) is 0 Å². The standard InChI is InChI=1S/C53H33N3/c1-3-11-35(12-4-1)50-32-41(33-51(54-50)36-13-5-2-6-14-36)34-19-21-37(22-20-34)48-29-26-38-23-24-39-27-30-49(56-53(39)52(38)55-48)40-25-28-46-44-17-8-7-15-42(44)43-16-9-10-18-45(43)47(46)31-40/h1-33H. The van der Waals surface area contributed by atoms with E-state index in [-0.39, 0.29) is 0 Å². The van der Waals surface area contributed by atoms with Crippen molar-refractivity contribution in [3.05, 3.63) is 200 Å². The molecule has 0 radical (unpaired) electrons. The lowest BCUT2D eigenvalue weighted by molar-refractivity contribution is 1.32. The molecule has 0 aliphatic carbocycles. The first-order valence-electron chi connectivity index (χ1n) is 19.0. The summed E-state index contributed by atoms with van der Waals surface area (Å²) >= 11 is 0. The summed E-state index contributed by atoms with van der Waals surface area (Å²) in [5.74, 6) is 0. The monoisotopic (exact) mass is 711 g/mol. The zero-order valence-corrected chi connectivity index (χ0v) is 30.4. The Hall–Kier alpha value is -7.49. The van der Waals surface area contributed by atoms with Crippen molar-refractivity contribution in [3.8, 4) is 56.2 Å². The average molecular weight is 712 g/mol. The number of rotatable bonds is 5. The van der Waals surface area contributed by atoms with Gasteiger partial charge >= 0.3 is 0 Å². The molecule has 8 aromatic carbocycles. The molecule has 56 heavy (non-hydrogen) atoms. The first-order valence-corrected chi connectivity index (χ1v) is 19.0. The van der Waals surface area contributed by atoms with Crippen LogP contribution in [0.4, 0.5) is 0 Å². The smallest absolute Gasteiger partial charge is 0.0972 e. The lowest BCUT2D eigenvalue weighted by atomic mass is 9.93. The molecule has 0 aliphatic heterocycles. The van der Waals surface area contributed by atoms with Crippen LogP contribution in [0.15, 0.2) is 200 Å². The van der Waals surface area contributed by atoms with Gasteiger partial charge in [-0.25, -0.2) is 15.0 Å². The molecule has 11 rings (SSSR count). The minimum absolute atomic E-state index is 0.900. The molecule has 0 saturated heterocycles. The van der Waals surface area contributed by atoms with Gasteiger partial charge in [0.05, 0.1) is 33.8 Å². The Bertz CT molecular complexity index is 3190. The molecule has 3 heteroatoms. The molecule has 0 spiro atoms. The van der Waals surface area contributed by atoms with Gasteiger partial charge in [-0.2, -0.15) is 0 Å². The van der Waals surface area contributed by atoms with Gasteiger partial charge < -0.3 is 0 Å². The largest absolute Gasteiger partial charge is 0.248 e. The van der Waals surface area contributed by atoms with Gasteiger partial charge in [0.2, 0.25) is 0 Å². The van der Waals surface area contributed by atoms with Crippen LogP contribution in [0.2, 0.25) is 0 Å². The van der Waals surface area contributed by atoms with E-state index >= 15 is 0 Å². The van der Waals surface area contributed by atoms with E-state index in [1.807, 2.05) is 12.1 Å². The first kappa shape index (κ1) is 32.0. The highest BCUT2D eigenvalue weighted by Crippen LogP contribution is 2.38. The van der Waals surface area contributed by atoms with Crippen LogP contribution in [0.3, 0.4) is 0 Å². The lowest BCUT2D eigenvalue weighted by Gasteiger charge is -2.12. The third-order valence-corrected chi connectivity index (χ3v) is 11.0. The van der Waals surface area contributed by atoms with Gasteiger partial charge in [-0.05, 0) is 73.8 Å². The minimum Gasteiger partial charge on any atom is -0.248 e. The third kappa shape index (κ3) is 5.49. The second-order valence-electron chi connectivity index (χ2n) is 14.4. The van der Waals surface area contributed by atoms with Crippen molar-refractivity contribution in [2.24, 2.45) is 0 Å². The summed E-state index contributed by atoms with van der Waals surface area (Å²) in [6, 6.07) is 70.9. The van der Waals surface area contributed by atoms with Gasteiger partial charge in [0.25, 0.3) is 0 Å². The highest BCUT2D eigenvalue weighted by molar-refractivity contribution is 6.25. The Kier molecular flexibility index (Phi) is 7.49. The summed E-state index contributed by atoms with van der Waals surface area (Å²) in [6.07, 6.45) is 0. The Balaban J connectivity index is 0.987. The zero-order valence-electron chi connectivity index (χ0n) is 30.4. The van der Waals surface area contributed by atoms with E-state index in [0.717, 1.165) is 78.0 Å². The number of aromatic nitrogens is 3. The molecule has 0 aliphatic rings. The van der Waals surface area contributed by atoms with Crippen molar-refractivity contribution >= 4 is 54.1 Å². The molecule has 0 saturated carbocycles. The average Bonchev–Trinajstić information content (AvgIpc) is 3.29. The third-order valence-electron chi connectivity index (χ3n) is 11.0. The molecule has 3 nitrogen and oxygen atoms in total. The molecule has 3 heterocycles. The maximum atomic E-state index is 5.31. The topological polar surface area (TPSA) is 38.7 Å². The molecular weight excluding hydrogens is 679 g/mol. The number of fused-ring (bicyclic) bond motifs is 9. The molecule has 0 atom stereocenters. The van der Waals surface area contributed by atoms with Crippen LogP contribution < -0.4 is 0 Å². The van der Waals surface area contributed by atoms with E-state index < -0.39 is 0 Å².